The zero-order chi connectivity index (χ0) is 13.1. The van der Waals surface area contributed by atoms with Gasteiger partial charge in [-0.2, -0.15) is 0 Å². The minimum absolute atomic E-state index is 0.728. The summed E-state index contributed by atoms with van der Waals surface area (Å²) in [6.07, 6.45) is 12.7. The van der Waals surface area contributed by atoms with Crippen molar-refractivity contribution in [3.05, 3.63) is 35.9 Å². The number of benzene rings is 1. The van der Waals surface area contributed by atoms with Crippen molar-refractivity contribution in [1.29, 1.82) is 0 Å². The monoisotopic (exact) mass is 246 g/mol. The van der Waals surface area contributed by atoms with Crippen LogP contribution in [0.3, 0.4) is 0 Å². The lowest BCUT2D eigenvalue weighted by Crippen LogP contribution is -1.93. The topological polar surface area (TPSA) is 0 Å². The molecule has 18 heavy (non-hydrogen) atoms. The Labute approximate surface area is 114 Å². The molecule has 0 fully saturated rings. The third-order valence-corrected chi connectivity index (χ3v) is 3.86. The summed E-state index contributed by atoms with van der Waals surface area (Å²) in [5.41, 5.74) is 1.50. The van der Waals surface area contributed by atoms with Crippen LogP contribution in [0.15, 0.2) is 30.3 Å². The Balaban J connectivity index is 1.98. The molecule has 1 rings (SSSR count). The quantitative estimate of drug-likeness (QED) is 0.424. The summed E-state index contributed by atoms with van der Waals surface area (Å²) in [4.78, 5) is 0. The van der Waals surface area contributed by atoms with Gasteiger partial charge in [-0.15, -0.1) is 0 Å². The third kappa shape index (κ3) is 6.83. The maximum atomic E-state index is 2.36. The van der Waals surface area contributed by atoms with Gasteiger partial charge in [-0.25, -0.2) is 0 Å². The summed E-state index contributed by atoms with van der Waals surface area (Å²) in [5, 5.41) is 0. The summed E-state index contributed by atoms with van der Waals surface area (Å²) in [5.74, 6) is 0.728. The highest BCUT2D eigenvalue weighted by molar-refractivity contribution is 5.18. The SMILES string of the molecule is CCCCCCCCCC[C@H](C)c1ccccc1. The molecular formula is C18H30. The van der Waals surface area contributed by atoms with E-state index in [0.29, 0.717) is 0 Å². The molecule has 1 atom stereocenters. The normalized spacial score (nSPS) is 12.6. The van der Waals surface area contributed by atoms with E-state index in [2.05, 4.69) is 44.2 Å². The molecule has 0 aromatic heterocycles. The molecule has 0 aliphatic rings. The lowest BCUT2D eigenvalue weighted by atomic mass is 9.95. The van der Waals surface area contributed by atoms with Crippen LogP contribution in [-0.2, 0) is 0 Å². The number of unbranched alkanes of at least 4 members (excludes halogenated alkanes) is 7. The van der Waals surface area contributed by atoms with Gasteiger partial charge in [0, 0.05) is 0 Å². The molecule has 0 heteroatoms. The van der Waals surface area contributed by atoms with Crippen LogP contribution in [0.2, 0.25) is 0 Å². The Morgan fingerprint density at radius 2 is 1.33 bits per heavy atom. The first-order valence-corrected chi connectivity index (χ1v) is 7.89. The maximum absolute atomic E-state index is 2.36. The smallest absolute Gasteiger partial charge is 0.0190 e. The van der Waals surface area contributed by atoms with Crippen LogP contribution in [0, 0.1) is 0 Å². The van der Waals surface area contributed by atoms with E-state index in [1.807, 2.05) is 0 Å². The number of hydrogen-bond donors (Lipinski definition) is 0. The zero-order valence-corrected chi connectivity index (χ0v) is 12.3. The van der Waals surface area contributed by atoms with Crippen molar-refractivity contribution in [2.45, 2.75) is 77.6 Å². The van der Waals surface area contributed by atoms with Crippen molar-refractivity contribution in [1.82, 2.24) is 0 Å². The summed E-state index contributed by atoms with van der Waals surface area (Å²) < 4.78 is 0. The van der Waals surface area contributed by atoms with Gasteiger partial charge >= 0.3 is 0 Å². The van der Waals surface area contributed by atoms with Crippen molar-refractivity contribution in [2.75, 3.05) is 0 Å². The van der Waals surface area contributed by atoms with Gasteiger partial charge in [0.15, 0.2) is 0 Å². The van der Waals surface area contributed by atoms with Crippen molar-refractivity contribution in [2.24, 2.45) is 0 Å². The van der Waals surface area contributed by atoms with Gasteiger partial charge in [0.05, 0.1) is 0 Å². The van der Waals surface area contributed by atoms with E-state index in [0.717, 1.165) is 5.92 Å². The second-order valence-corrected chi connectivity index (χ2v) is 5.58. The van der Waals surface area contributed by atoms with Crippen LogP contribution in [0.25, 0.3) is 0 Å². The second kappa shape index (κ2) is 10.2. The maximum Gasteiger partial charge on any atom is -0.0190 e. The van der Waals surface area contributed by atoms with Crippen molar-refractivity contribution in [3.63, 3.8) is 0 Å². The fraction of sp³-hybridized carbons (Fsp3) is 0.667. The highest BCUT2D eigenvalue weighted by Crippen LogP contribution is 2.21. The first-order chi connectivity index (χ1) is 8.84. The van der Waals surface area contributed by atoms with Crippen LogP contribution in [-0.4, -0.2) is 0 Å². The largest absolute Gasteiger partial charge is 0.0654 e. The van der Waals surface area contributed by atoms with Gasteiger partial charge in [0.2, 0.25) is 0 Å². The Kier molecular flexibility index (Phi) is 8.63. The van der Waals surface area contributed by atoms with E-state index in [1.165, 1.54) is 63.4 Å². The molecule has 0 saturated heterocycles. The van der Waals surface area contributed by atoms with E-state index in [1.54, 1.807) is 0 Å². The zero-order valence-electron chi connectivity index (χ0n) is 12.3. The van der Waals surface area contributed by atoms with Crippen LogP contribution in [0.1, 0.15) is 83.1 Å². The lowest BCUT2D eigenvalue weighted by Gasteiger charge is -2.11. The highest BCUT2D eigenvalue weighted by Gasteiger charge is 2.03. The molecule has 0 unspecified atom stereocenters. The molecule has 0 aliphatic heterocycles. The molecule has 0 heterocycles. The predicted molar refractivity (Wildman–Crippen MR) is 82.1 cm³/mol. The molecule has 0 amide bonds. The predicted octanol–water partition coefficient (Wildman–Crippen LogP) is 6.32. The van der Waals surface area contributed by atoms with E-state index in [-0.39, 0.29) is 0 Å². The average Bonchev–Trinajstić information content (AvgIpc) is 2.42. The van der Waals surface area contributed by atoms with Gasteiger partial charge in [0.25, 0.3) is 0 Å². The van der Waals surface area contributed by atoms with Gasteiger partial charge < -0.3 is 0 Å². The van der Waals surface area contributed by atoms with E-state index >= 15 is 0 Å². The Morgan fingerprint density at radius 1 is 0.778 bits per heavy atom. The molecule has 0 radical (unpaired) electrons. The van der Waals surface area contributed by atoms with Crippen LogP contribution >= 0.6 is 0 Å². The summed E-state index contributed by atoms with van der Waals surface area (Å²) in [7, 11) is 0. The lowest BCUT2D eigenvalue weighted by molar-refractivity contribution is 0.543. The van der Waals surface area contributed by atoms with Crippen molar-refractivity contribution in [3.8, 4) is 0 Å². The van der Waals surface area contributed by atoms with Crippen LogP contribution in [0.4, 0.5) is 0 Å². The summed E-state index contributed by atoms with van der Waals surface area (Å²) in [6.45, 7) is 4.64. The second-order valence-electron chi connectivity index (χ2n) is 5.58. The molecule has 102 valence electrons. The molecule has 0 aliphatic carbocycles. The summed E-state index contributed by atoms with van der Waals surface area (Å²) in [6, 6.07) is 10.9. The van der Waals surface area contributed by atoms with Crippen LogP contribution < -0.4 is 0 Å². The molecule has 0 saturated carbocycles. The van der Waals surface area contributed by atoms with E-state index in [9.17, 15) is 0 Å². The fourth-order valence-electron chi connectivity index (χ4n) is 2.53. The van der Waals surface area contributed by atoms with Gasteiger partial charge in [-0.05, 0) is 17.9 Å². The summed E-state index contributed by atoms with van der Waals surface area (Å²) >= 11 is 0. The molecule has 0 spiro atoms. The minimum atomic E-state index is 0.728. The Hall–Kier alpha value is -0.780. The van der Waals surface area contributed by atoms with Crippen molar-refractivity contribution < 1.29 is 0 Å². The van der Waals surface area contributed by atoms with Crippen molar-refractivity contribution >= 4 is 0 Å². The van der Waals surface area contributed by atoms with E-state index < -0.39 is 0 Å². The fourth-order valence-corrected chi connectivity index (χ4v) is 2.53. The molecule has 1 aromatic rings. The third-order valence-electron chi connectivity index (χ3n) is 3.86. The molecular weight excluding hydrogens is 216 g/mol. The molecule has 1 aromatic carbocycles. The highest BCUT2D eigenvalue weighted by atomic mass is 14.1. The van der Waals surface area contributed by atoms with E-state index in [4.69, 9.17) is 0 Å². The Bertz CT molecular complexity index is 275. The standard InChI is InChI=1S/C18H30/c1-3-4-5-6-7-8-9-11-14-17(2)18-15-12-10-13-16-18/h10,12-13,15-17H,3-9,11,14H2,1-2H3/t17-/m0/s1. The molecule has 0 N–H and O–H groups in total. The first-order valence-electron chi connectivity index (χ1n) is 7.89. The number of rotatable bonds is 10. The van der Waals surface area contributed by atoms with Gasteiger partial charge in [0.1, 0.15) is 0 Å². The van der Waals surface area contributed by atoms with Gasteiger partial charge in [-0.3, -0.25) is 0 Å². The minimum Gasteiger partial charge on any atom is -0.0654 e. The van der Waals surface area contributed by atoms with Gasteiger partial charge in [-0.1, -0.05) is 95.5 Å². The molecule has 0 nitrogen and oxygen atoms in total. The average molecular weight is 246 g/mol. The molecule has 0 bridgehead atoms. The number of hydrogen-bond acceptors (Lipinski definition) is 0. The first kappa shape index (κ1) is 15.3. The Morgan fingerprint density at radius 3 is 1.94 bits per heavy atom. The van der Waals surface area contributed by atoms with Crippen LogP contribution in [0.5, 0.6) is 0 Å².